The number of sulfone groups is 1. The number of hydrogen-bond acceptors (Lipinski definition) is 6. The van der Waals surface area contributed by atoms with Gasteiger partial charge in [0.15, 0.2) is 11.8 Å². The number of nitrogens with one attached hydrogen (secondary N) is 2. The minimum atomic E-state index is -2.97. The number of aliphatic imine (C=N–C) groups is 1. The first-order chi connectivity index (χ1) is 13.3. The molecule has 0 aliphatic heterocycles. The van der Waals surface area contributed by atoms with E-state index in [1.165, 1.54) is 6.26 Å². The first-order valence-electron chi connectivity index (χ1n) is 9.37. The van der Waals surface area contributed by atoms with E-state index in [1.807, 2.05) is 31.2 Å². The molecule has 1 heterocycles. The Morgan fingerprint density at radius 3 is 2.76 bits per heavy atom. The number of halogens is 1. The van der Waals surface area contributed by atoms with Gasteiger partial charge in [-0.1, -0.05) is 24.2 Å². The van der Waals surface area contributed by atoms with E-state index in [9.17, 15) is 8.42 Å². The third-order valence-corrected chi connectivity index (χ3v) is 5.08. The second-order valence-electron chi connectivity index (χ2n) is 6.86. The van der Waals surface area contributed by atoms with Gasteiger partial charge in [-0.15, -0.1) is 24.0 Å². The predicted molar refractivity (Wildman–Crippen MR) is 126 cm³/mol. The van der Waals surface area contributed by atoms with Gasteiger partial charge in [-0.05, 0) is 37.5 Å². The van der Waals surface area contributed by atoms with Crippen LogP contribution in [0.2, 0.25) is 0 Å². The molecule has 0 spiro atoms. The van der Waals surface area contributed by atoms with Crippen LogP contribution in [-0.4, -0.2) is 49.6 Å². The van der Waals surface area contributed by atoms with E-state index >= 15 is 0 Å². The van der Waals surface area contributed by atoms with Crippen molar-refractivity contribution in [3.05, 3.63) is 35.7 Å². The van der Waals surface area contributed by atoms with Crippen molar-refractivity contribution >= 4 is 39.8 Å². The van der Waals surface area contributed by atoms with Crippen molar-refractivity contribution in [1.82, 2.24) is 20.8 Å². The van der Waals surface area contributed by atoms with Gasteiger partial charge >= 0.3 is 0 Å². The highest BCUT2D eigenvalue weighted by molar-refractivity contribution is 14.0. The van der Waals surface area contributed by atoms with Crippen LogP contribution in [-0.2, 0) is 22.8 Å². The average Bonchev–Trinajstić information content (AvgIpc) is 3.12. The van der Waals surface area contributed by atoms with Crippen LogP contribution in [0.15, 0.2) is 33.8 Å². The summed E-state index contributed by atoms with van der Waals surface area (Å²) in [5, 5.41) is 10.4. The van der Waals surface area contributed by atoms with E-state index < -0.39 is 9.84 Å². The lowest BCUT2D eigenvalue weighted by atomic mass is 10.1. The van der Waals surface area contributed by atoms with Crippen LogP contribution in [0, 0.1) is 0 Å². The maximum atomic E-state index is 11.3. The van der Waals surface area contributed by atoms with Crippen LogP contribution in [0.4, 0.5) is 0 Å². The van der Waals surface area contributed by atoms with Crippen molar-refractivity contribution in [2.45, 2.75) is 45.7 Å². The lowest BCUT2D eigenvalue weighted by Crippen LogP contribution is -2.42. The summed E-state index contributed by atoms with van der Waals surface area (Å²) in [6.45, 7) is 4.57. The van der Waals surface area contributed by atoms with Gasteiger partial charge in [0, 0.05) is 37.9 Å². The van der Waals surface area contributed by atoms with E-state index in [4.69, 9.17) is 4.52 Å². The summed E-state index contributed by atoms with van der Waals surface area (Å²) in [4.78, 5) is 8.62. The summed E-state index contributed by atoms with van der Waals surface area (Å²) >= 11 is 0. The summed E-state index contributed by atoms with van der Waals surface area (Å²) in [6, 6.07) is 7.87. The number of hydrogen-bond donors (Lipinski definition) is 2. The zero-order chi connectivity index (χ0) is 20.6. The van der Waals surface area contributed by atoms with Crippen molar-refractivity contribution < 1.29 is 12.9 Å². The number of benzene rings is 1. The molecule has 0 amide bonds. The standard InChI is InChI=1S/C19H29N5O3S.HI/c1-5-7-17-23-18(27-24-17)16-9-6-8-15(12-16)13-21-19(20-3)22-14(2)10-11-28(4,25)26;/h6,8-9,12,14H,5,7,10-11,13H2,1-4H3,(H2,20,21,22);1H. The summed E-state index contributed by atoms with van der Waals surface area (Å²) in [7, 11) is -1.29. The first kappa shape index (κ1) is 25.3. The van der Waals surface area contributed by atoms with Gasteiger partial charge in [-0.2, -0.15) is 4.98 Å². The summed E-state index contributed by atoms with van der Waals surface area (Å²) < 4.78 is 27.9. The molecule has 2 N–H and O–H groups in total. The number of rotatable bonds is 9. The van der Waals surface area contributed by atoms with Crippen LogP contribution in [0.3, 0.4) is 0 Å². The number of aromatic nitrogens is 2. The van der Waals surface area contributed by atoms with Gasteiger partial charge in [0.25, 0.3) is 5.89 Å². The Hall–Kier alpha value is -1.69. The fourth-order valence-electron chi connectivity index (χ4n) is 2.59. The van der Waals surface area contributed by atoms with E-state index in [2.05, 4.69) is 32.7 Å². The molecule has 10 heteroatoms. The van der Waals surface area contributed by atoms with E-state index in [-0.39, 0.29) is 35.8 Å². The van der Waals surface area contributed by atoms with Crippen molar-refractivity contribution in [2.75, 3.05) is 19.1 Å². The molecule has 29 heavy (non-hydrogen) atoms. The summed E-state index contributed by atoms with van der Waals surface area (Å²) in [5.41, 5.74) is 1.91. The Labute approximate surface area is 189 Å². The summed E-state index contributed by atoms with van der Waals surface area (Å²) in [6.07, 6.45) is 3.53. The Bertz CT molecular complexity index is 899. The molecule has 1 unspecified atom stereocenters. The predicted octanol–water partition coefficient (Wildman–Crippen LogP) is 2.80. The molecule has 8 nitrogen and oxygen atoms in total. The normalized spacial score (nSPS) is 12.9. The third kappa shape index (κ3) is 9.11. The maximum absolute atomic E-state index is 11.3. The van der Waals surface area contributed by atoms with Gasteiger partial charge in [0.2, 0.25) is 0 Å². The lowest BCUT2D eigenvalue weighted by molar-refractivity contribution is 0.422. The van der Waals surface area contributed by atoms with Gasteiger partial charge in [0.05, 0.1) is 5.75 Å². The molecule has 162 valence electrons. The monoisotopic (exact) mass is 535 g/mol. The molecule has 2 aromatic rings. The molecule has 0 radical (unpaired) electrons. The molecule has 2 rings (SSSR count). The minimum Gasteiger partial charge on any atom is -0.354 e. The zero-order valence-electron chi connectivity index (χ0n) is 17.3. The first-order valence-corrected chi connectivity index (χ1v) is 11.4. The number of nitrogens with zero attached hydrogens (tertiary/aromatic N) is 3. The second kappa shape index (κ2) is 12.1. The van der Waals surface area contributed by atoms with Crippen molar-refractivity contribution in [3.63, 3.8) is 0 Å². The van der Waals surface area contributed by atoms with E-state index in [0.29, 0.717) is 30.6 Å². The van der Waals surface area contributed by atoms with Crippen molar-refractivity contribution in [2.24, 2.45) is 4.99 Å². The Morgan fingerprint density at radius 1 is 1.34 bits per heavy atom. The molecule has 1 atom stereocenters. The number of guanidine groups is 1. The Kier molecular flexibility index (Phi) is 10.6. The lowest BCUT2D eigenvalue weighted by Gasteiger charge is -2.17. The van der Waals surface area contributed by atoms with Crippen LogP contribution in [0.25, 0.3) is 11.5 Å². The van der Waals surface area contributed by atoms with Crippen LogP contribution >= 0.6 is 24.0 Å². The fraction of sp³-hybridized carbons (Fsp3) is 0.526. The van der Waals surface area contributed by atoms with Gasteiger partial charge in [0.1, 0.15) is 9.84 Å². The van der Waals surface area contributed by atoms with Gasteiger partial charge in [-0.25, -0.2) is 8.42 Å². The average molecular weight is 535 g/mol. The summed E-state index contributed by atoms with van der Waals surface area (Å²) in [5.74, 6) is 2.00. The Balaban J connectivity index is 0.00000420. The zero-order valence-corrected chi connectivity index (χ0v) is 20.5. The quantitative estimate of drug-likeness (QED) is 0.289. The van der Waals surface area contributed by atoms with Gasteiger partial charge in [-0.3, -0.25) is 4.99 Å². The largest absolute Gasteiger partial charge is 0.354 e. The maximum Gasteiger partial charge on any atom is 0.257 e. The molecule has 1 aromatic carbocycles. The molecule has 0 saturated heterocycles. The topological polar surface area (TPSA) is 109 Å². The molecule has 0 aliphatic rings. The Morgan fingerprint density at radius 2 is 2.10 bits per heavy atom. The second-order valence-corrected chi connectivity index (χ2v) is 9.12. The fourth-order valence-corrected chi connectivity index (χ4v) is 3.37. The van der Waals surface area contributed by atoms with Crippen LogP contribution < -0.4 is 10.6 Å². The van der Waals surface area contributed by atoms with Gasteiger partial charge < -0.3 is 15.2 Å². The molecular weight excluding hydrogens is 505 g/mol. The molecule has 0 aliphatic carbocycles. The number of aryl methyl sites for hydroxylation is 1. The smallest absolute Gasteiger partial charge is 0.257 e. The van der Waals surface area contributed by atoms with Crippen molar-refractivity contribution in [1.29, 1.82) is 0 Å². The highest BCUT2D eigenvalue weighted by atomic mass is 127. The molecule has 0 saturated carbocycles. The van der Waals surface area contributed by atoms with Crippen LogP contribution in [0.1, 0.15) is 38.1 Å². The minimum absolute atomic E-state index is 0. The van der Waals surface area contributed by atoms with E-state index in [1.54, 1.807) is 7.05 Å². The molecule has 1 aromatic heterocycles. The highest BCUT2D eigenvalue weighted by Crippen LogP contribution is 2.19. The highest BCUT2D eigenvalue weighted by Gasteiger charge is 2.11. The van der Waals surface area contributed by atoms with Crippen molar-refractivity contribution in [3.8, 4) is 11.5 Å². The third-order valence-electron chi connectivity index (χ3n) is 4.10. The molecule has 0 bridgehead atoms. The van der Waals surface area contributed by atoms with Crippen LogP contribution in [0.5, 0.6) is 0 Å². The van der Waals surface area contributed by atoms with E-state index in [0.717, 1.165) is 24.0 Å². The SMILES string of the molecule is CCCc1noc(-c2cccc(CNC(=NC)NC(C)CCS(C)(=O)=O)c2)n1.I. The molecule has 0 fully saturated rings. The molecular formula is C19H30IN5O3S.